The van der Waals surface area contributed by atoms with Crippen LogP contribution in [0.4, 0.5) is 4.39 Å². The van der Waals surface area contributed by atoms with E-state index in [0.717, 1.165) is 9.80 Å². The van der Waals surface area contributed by atoms with Gasteiger partial charge in [0.05, 0.1) is 0 Å². The highest BCUT2D eigenvalue weighted by Gasteiger charge is 2.61. The highest BCUT2D eigenvalue weighted by atomic mass is 19.1. The molecule has 1 heterocycles. The van der Waals surface area contributed by atoms with E-state index in [1.807, 2.05) is 0 Å². The first-order valence-corrected chi connectivity index (χ1v) is 6.98. The maximum Gasteiger partial charge on any atom is 0.289 e. The molecule has 1 unspecified atom stereocenters. The highest BCUT2D eigenvalue weighted by Crippen LogP contribution is 2.36. The fourth-order valence-electron chi connectivity index (χ4n) is 2.85. The topological polar surface area (TPSA) is 73.9 Å². The molecule has 1 aromatic carbocycles. The first kappa shape index (κ1) is 16.4. The highest BCUT2D eigenvalue weighted by molar-refractivity contribution is 6.06. The minimum atomic E-state index is -1.35. The first-order valence-electron chi connectivity index (χ1n) is 6.98. The van der Waals surface area contributed by atoms with Crippen molar-refractivity contribution in [1.82, 2.24) is 10.5 Å². The molecule has 6 nitrogen and oxygen atoms in total. The molecule has 1 aliphatic rings. The van der Waals surface area contributed by atoms with Crippen LogP contribution in [-0.4, -0.2) is 44.7 Å². The molecule has 7 heteroatoms. The normalized spacial score (nSPS) is 25.7. The Kier molecular flexibility index (Phi) is 3.97. The van der Waals surface area contributed by atoms with Gasteiger partial charge in [0.25, 0.3) is 5.66 Å². The largest absolute Gasteiger partial charge is 0.622 e. The Morgan fingerprint density at radius 1 is 1.32 bits per heavy atom. The standard InChI is InChI=1S/C15H21FN4O2/c1-10(18-17-5)15(4)19(21)13(14(2,3)20(15)22)11-6-8-12(16)9-7-11/h6-9,17,22H,1-5H3/b18-10+. The molecule has 0 radical (unpaired) electrons. The summed E-state index contributed by atoms with van der Waals surface area (Å²) in [7, 11) is 1.62. The molecule has 1 aromatic rings. The first-order chi connectivity index (χ1) is 10.2. The lowest BCUT2D eigenvalue weighted by Gasteiger charge is -2.32. The van der Waals surface area contributed by atoms with Crippen LogP contribution in [0.15, 0.2) is 29.4 Å². The molecule has 0 bridgehead atoms. The van der Waals surface area contributed by atoms with E-state index in [-0.39, 0.29) is 5.82 Å². The summed E-state index contributed by atoms with van der Waals surface area (Å²) in [5.41, 5.74) is 1.64. The number of nitrogens with zero attached hydrogens (tertiary/aromatic N) is 3. The lowest BCUT2D eigenvalue weighted by atomic mass is 9.92. The third kappa shape index (κ3) is 2.17. The summed E-state index contributed by atoms with van der Waals surface area (Å²) in [5, 5.41) is 28.6. The summed E-state index contributed by atoms with van der Waals surface area (Å²) in [4.78, 5) is 0. The summed E-state index contributed by atoms with van der Waals surface area (Å²) in [6.45, 7) is 6.71. The van der Waals surface area contributed by atoms with Gasteiger partial charge in [0.2, 0.25) is 5.71 Å². The molecule has 0 saturated heterocycles. The second-order valence-electron chi connectivity index (χ2n) is 5.96. The van der Waals surface area contributed by atoms with Gasteiger partial charge < -0.3 is 15.8 Å². The van der Waals surface area contributed by atoms with Gasteiger partial charge in [0.1, 0.15) is 17.1 Å². The third-order valence-electron chi connectivity index (χ3n) is 4.20. The number of hydrogen-bond acceptors (Lipinski definition) is 5. The number of hydrogen-bond donors (Lipinski definition) is 2. The van der Waals surface area contributed by atoms with Crippen LogP contribution in [0.1, 0.15) is 33.3 Å². The van der Waals surface area contributed by atoms with Crippen molar-refractivity contribution in [3.63, 3.8) is 0 Å². The van der Waals surface area contributed by atoms with Crippen molar-refractivity contribution in [3.05, 3.63) is 40.9 Å². The average Bonchev–Trinajstić information content (AvgIpc) is 2.60. The molecule has 1 atom stereocenters. The van der Waals surface area contributed by atoms with Crippen molar-refractivity contribution in [2.24, 2.45) is 5.10 Å². The minimum absolute atomic E-state index is 0.350. The van der Waals surface area contributed by atoms with Gasteiger partial charge in [-0.15, -0.1) is 5.06 Å². The Morgan fingerprint density at radius 2 is 1.86 bits per heavy atom. The maximum absolute atomic E-state index is 13.1. The Balaban J connectivity index is 2.67. The van der Waals surface area contributed by atoms with Crippen molar-refractivity contribution < 1.29 is 14.3 Å². The molecule has 0 aromatic heterocycles. The molecule has 0 saturated carbocycles. The number of rotatable bonds is 3. The van der Waals surface area contributed by atoms with E-state index in [2.05, 4.69) is 10.5 Å². The lowest BCUT2D eigenvalue weighted by molar-refractivity contribution is -0.560. The fourth-order valence-corrected chi connectivity index (χ4v) is 2.85. The van der Waals surface area contributed by atoms with Crippen molar-refractivity contribution in [3.8, 4) is 0 Å². The van der Waals surface area contributed by atoms with E-state index in [0.29, 0.717) is 17.0 Å². The Bertz CT molecular complexity index is 639. The van der Waals surface area contributed by atoms with Gasteiger partial charge in [-0.25, -0.2) is 4.39 Å². The van der Waals surface area contributed by atoms with E-state index >= 15 is 0 Å². The second kappa shape index (κ2) is 5.33. The van der Waals surface area contributed by atoms with Gasteiger partial charge in [-0.05, 0) is 45.0 Å². The fraction of sp³-hybridized carbons (Fsp3) is 0.467. The number of hydroxylamine groups is 3. The molecule has 0 spiro atoms. The van der Waals surface area contributed by atoms with Crippen LogP contribution < -0.4 is 5.43 Å². The molecule has 0 amide bonds. The smallest absolute Gasteiger partial charge is 0.289 e. The predicted molar refractivity (Wildman–Crippen MR) is 82.4 cm³/mol. The molecule has 2 N–H and O–H groups in total. The molecule has 1 aliphatic heterocycles. The summed E-state index contributed by atoms with van der Waals surface area (Å²) >= 11 is 0. The second-order valence-corrected chi connectivity index (χ2v) is 5.96. The predicted octanol–water partition coefficient (Wildman–Crippen LogP) is 1.92. The summed E-state index contributed by atoms with van der Waals surface area (Å²) < 4.78 is 13.9. The van der Waals surface area contributed by atoms with Gasteiger partial charge in [-0.1, -0.05) is 0 Å². The zero-order valence-electron chi connectivity index (χ0n) is 13.4. The summed E-state index contributed by atoms with van der Waals surface area (Å²) in [5.74, 6) is -0.380. The van der Waals surface area contributed by atoms with Crippen LogP contribution >= 0.6 is 0 Å². The zero-order valence-corrected chi connectivity index (χ0v) is 13.4. The van der Waals surface area contributed by atoms with Gasteiger partial charge in [-0.3, -0.25) is 0 Å². The zero-order chi connectivity index (χ0) is 16.7. The van der Waals surface area contributed by atoms with Gasteiger partial charge in [0, 0.05) is 19.5 Å². The minimum Gasteiger partial charge on any atom is -0.622 e. The molecule has 2 rings (SSSR count). The van der Waals surface area contributed by atoms with E-state index in [9.17, 15) is 14.8 Å². The van der Waals surface area contributed by atoms with Gasteiger partial charge in [0.15, 0.2) is 0 Å². The van der Waals surface area contributed by atoms with Crippen molar-refractivity contribution >= 4 is 11.4 Å². The molecule has 0 fully saturated rings. The number of nitrogens with one attached hydrogen (secondary N) is 1. The average molecular weight is 308 g/mol. The van der Waals surface area contributed by atoms with Crippen molar-refractivity contribution in [2.45, 2.75) is 38.9 Å². The van der Waals surface area contributed by atoms with Gasteiger partial charge in [-0.2, -0.15) is 9.84 Å². The molecule has 0 aliphatic carbocycles. The van der Waals surface area contributed by atoms with Crippen molar-refractivity contribution in [2.75, 3.05) is 7.05 Å². The van der Waals surface area contributed by atoms with Crippen LogP contribution in [0.5, 0.6) is 0 Å². The van der Waals surface area contributed by atoms with Crippen LogP contribution in [0.3, 0.4) is 0 Å². The number of hydrazone groups is 1. The summed E-state index contributed by atoms with van der Waals surface area (Å²) in [6.07, 6.45) is 0. The number of benzene rings is 1. The molecule has 22 heavy (non-hydrogen) atoms. The van der Waals surface area contributed by atoms with Crippen LogP contribution in [0, 0.1) is 11.0 Å². The molecular weight excluding hydrogens is 287 g/mol. The van der Waals surface area contributed by atoms with Crippen LogP contribution in [-0.2, 0) is 0 Å². The lowest BCUT2D eigenvalue weighted by Crippen LogP contribution is -2.57. The van der Waals surface area contributed by atoms with Crippen LogP contribution in [0.25, 0.3) is 0 Å². The summed E-state index contributed by atoms with van der Waals surface area (Å²) in [6, 6.07) is 5.64. The van der Waals surface area contributed by atoms with Crippen molar-refractivity contribution in [1.29, 1.82) is 0 Å². The Labute approximate surface area is 129 Å². The number of halogens is 1. The molecule has 120 valence electrons. The van der Waals surface area contributed by atoms with E-state index in [4.69, 9.17) is 0 Å². The SMILES string of the molecule is CN/N=C(\C)C1(C)N(O)C(C)(C)C(c2ccc(F)cc2)=[N+]1[O-]. The van der Waals surface area contributed by atoms with E-state index < -0.39 is 11.2 Å². The quantitative estimate of drug-likeness (QED) is 0.387. The van der Waals surface area contributed by atoms with Crippen LogP contribution in [0.2, 0.25) is 0 Å². The van der Waals surface area contributed by atoms with E-state index in [1.165, 1.54) is 24.3 Å². The Morgan fingerprint density at radius 3 is 2.36 bits per heavy atom. The molecular formula is C15H21FN4O2. The van der Waals surface area contributed by atoms with Gasteiger partial charge >= 0.3 is 0 Å². The maximum atomic E-state index is 13.1. The van der Waals surface area contributed by atoms with E-state index in [1.54, 1.807) is 34.7 Å². The Hall–Kier alpha value is -1.99. The monoisotopic (exact) mass is 308 g/mol. The third-order valence-corrected chi connectivity index (χ3v) is 4.20.